The van der Waals surface area contributed by atoms with Crippen molar-refractivity contribution in [1.29, 1.82) is 0 Å². The van der Waals surface area contributed by atoms with Gasteiger partial charge in [-0.05, 0) is 46.5 Å². The van der Waals surface area contributed by atoms with E-state index in [2.05, 4.69) is 10.2 Å². The molecule has 5 rings (SSSR count). The van der Waals surface area contributed by atoms with Crippen molar-refractivity contribution in [2.24, 2.45) is 0 Å². The van der Waals surface area contributed by atoms with Crippen LogP contribution in [0, 0.1) is 0 Å². The van der Waals surface area contributed by atoms with Crippen molar-refractivity contribution in [2.45, 2.75) is 18.5 Å². The number of nitrogens with zero attached hydrogens (tertiary/aromatic N) is 2. The van der Waals surface area contributed by atoms with Crippen molar-refractivity contribution in [3.63, 3.8) is 0 Å². The maximum absolute atomic E-state index is 13.9. The lowest BCUT2D eigenvalue weighted by Crippen LogP contribution is -2.21. The smallest absolute Gasteiger partial charge is 0.420 e. The third-order valence-corrected chi connectivity index (χ3v) is 6.49. The maximum atomic E-state index is 13.9. The Labute approximate surface area is 211 Å². The van der Waals surface area contributed by atoms with Crippen LogP contribution in [0.15, 0.2) is 66.0 Å². The average molecular weight is 558 g/mol. The van der Waals surface area contributed by atoms with Crippen molar-refractivity contribution in [3.8, 4) is 22.2 Å². The molecule has 13 heteroatoms. The minimum atomic E-state index is -5.85. The second-order valence-electron chi connectivity index (χ2n) is 8.04. The van der Waals surface area contributed by atoms with E-state index >= 15 is 0 Å². The Morgan fingerprint density at radius 3 is 1.79 bits per heavy atom. The molecular weight excluding hydrogens is 547 g/mol. The van der Waals surface area contributed by atoms with E-state index < -0.39 is 46.8 Å². The normalized spacial score (nSPS) is 12.9. The van der Waals surface area contributed by atoms with Gasteiger partial charge in [0.2, 0.25) is 5.88 Å². The van der Waals surface area contributed by atoms with Gasteiger partial charge in [0.05, 0.1) is 16.0 Å². The number of benzene rings is 3. The summed E-state index contributed by atoms with van der Waals surface area (Å²) in [5, 5.41) is 10.8. The zero-order chi connectivity index (χ0) is 27.5. The number of aromatic nitrogens is 2. The summed E-state index contributed by atoms with van der Waals surface area (Å²) in [4.78, 5) is 0.593. The van der Waals surface area contributed by atoms with E-state index in [1.165, 1.54) is 17.4 Å². The Kier molecular flexibility index (Phi) is 6.01. The molecule has 0 aliphatic carbocycles. The fourth-order valence-corrected chi connectivity index (χ4v) is 4.74. The Hall–Kier alpha value is -3.87. The molecule has 38 heavy (non-hydrogen) atoms. The quantitative estimate of drug-likeness (QED) is 0.164. The molecule has 0 radical (unpaired) electrons. The lowest BCUT2D eigenvalue weighted by Gasteiger charge is -2.23. The number of halogens is 9. The van der Waals surface area contributed by atoms with Gasteiger partial charge in [-0.15, -0.1) is 21.5 Å². The van der Waals surface area contributed by atoms with Gasteiger partial charge < -0.3 is 4.74 Å². The van der Waals surface area contributed by atoms with Crippen LogP contribution in [0.1, 0.15) is 16.7 Å². The first-order chi connectivity index (χ1) is 17.7. The van der Waals surface area contributed by atoms with Gasteiger partial charge in [0.25, 0.3) is 0 Å². The summed E-state index contributed by atoms with van der Waals surface area (Å²) >= 11 is 1.26. The van der Waals surface area contributed by atoms with E-state index in [0.29, 0.717) is 15.6 Å². The first kappa shape index (κ1) is 25.8. The highest BCUT2D eigenvalue weighted by atomic mass is 32.1. The monoisotopic (exact) mass is 558 g/mol. The average Bonchev–Trinajstić information content (AvgIpc) is 3.35. The van der Waals surface area contributed by atoms with E-state index in [1.54, 1.807) is 47.8 Å². The molecule has 3 aromatic carbocycles. The molecule has 0 spiro atoms. The number of hydrogen-bond donors (Lipinski definition) is 0. The minimum Gasteiger partial charge on any atom is -0.436 e. The number of alkyl halides is 9. The van der Waals surface area contributed by atoms with Crippen LogP contribution in [-0.4, -0.2) is 10.2 Å². The zero-order valence-electron chi connectivity index (χ0n) is 18.5. The fourth-order valence-electron chi connectivity index (χ4n) is 4.01. The molecule has 0 aliphatic heterocycles. The molecule has 0 amide bonds. The molecule has 3 nitrogen and oxygen atoms in total. The van der Waals surface area contributed by atoms with Crippen LogP contribution in [0.4, 0.5) is 39.5 Å². The lowest BCUT2D eigenvalue weighted by atomic mass is 10.00. The zero-order valence-corrected chi connectivity index (χ0v) is 19.3. The molecule has 0 fully saturated rings. The molecule has 0 saturated carbocycles. The van der Waals surface area contributed by atoms with Gasteiger partial charge in [-0.25, -0.2) is 0 Å². The Bertz CT molecular complexity index is 1660. The number of hydrogen-bond acceptors (Lipinski definition) is 4. The molecule has 0 saturated heterocycles. The molecule has 0 aliphatic rings. The maximum Gasteiger partial charge on any atom is 0.420 e. The van der Waals surface area contributed by atoms with Crippen LogP contribution in [0.5, 0.6) is 11.6 Å². The highest BCUT2D eigenvalue weighted by Crippen LogP contribution is 2.51. The lowest BCUT2D eigenvalue weighted by molar-refractivity contribution is -0.164. The summed E-state index contributed by atoms with van der Waals surface area (Å²) < 4.78 is 129. The largest absolute Gasteiger partial charge is 0.436 e. The van der Waals surface area contributed by atoms with Crippen LogP contribution in [0.2, 0.25) is 0 Å². The Morgan fingerprint density at radius 1 is 0.632 bits per heavy atom. The molecule has 196 valence electrons. The van der Waals surface area contributed by atoms with Gasteiger partial charge >= 0.3 is 18.5 Å². The first-order valence-corrected chi connectivity index (χ1v) is 11.4. The van der Waals surface area contributed by atoms with Crippen LogP contribution >= 0.6 is 11.3 Å². The topological polar surface area (TPSA) is 35.0 Å². The summed E-state index contributed by atoms with van der Waals surface area (Å²) in [5.41, 5.74) is -6.72. The molecule has 5 aromatic rings. The summed E-state index contributed by atoms with van der Waals surface area (Å²) in [6, 6.07) is 12.8. The predicted molar refractivity (Wildman–Crippen MR) is 122 cm³/mol. The third kappa shape index (κ3) is 4.62. The number of rotatable bonds is 3. The third-order valence-electron chi connectivity index (χ3n) is 5.62. The fraction of sp³-hybridized carbons (Fsp3) is 0.120. The summed E-state index contributed by atoms with van der Waals surface area (Å²) in [6.07, 6.45) is -17.0. The van der Waals surface area contributed by atoms with Crippen molar-refractivity contribution in [1.82, 2.24) is 10.2 Å². The highest BCUT2D eigenvalue weighted by molar-refractivity contribution is 7.13. The number of fused-ring (bicyclic) bond motifs is 2. The van der Waals surface area contributed by atoms with Crippen LogP contribution < -0.4 is 4.74 Å². The van der Waals surface area contributed by atoms with Crippen LogP contribution in [-0.2, 0) is 18.5 Å². The molecule has 2 heterocycles. The van der Waals surface area contributed by atoms with Gasteiger partial charge in [-0.3, -0.25) is 0 Å². The van der Waals surface area contributed by atoms with E-state index in [1.807, 2.05) is 0 Å². The molecule has 2 aromatic heterocycles. The molecular formula is C25H11F9N2OS. The highest BCUT2D eigenvalue weighted by Gasteiger charge is 2.49. The van der Waals surface area contributed by atoms with Crippen LogP contribution in [0.3, 0.4) is 0 Å². The standard InChI is InChI=1S/C25H11F9N2OS/c26-23(27,28)16-7-8-17(24(29,30)31)21(19(16)25(32,33)34)37-22-15-11-13-5-2-1-4-12(13)10-14(15)20(35-36-22)18-6-3-9-38-18/h1-11H. The van der Waals surface area contributed by atoms with E-state index in [4.69, 9.17) is 4.74 Å². The van der Waals surface area contributed by atoms with Gasteiger partial charge in [0, 0.05) is 10.8 Å². The molecule has 0 atom stereocenters. The van der Waals surface area contributed by atoms with Crippen molar-refractivity contribution >= 4 is 32.9 Å². The van der Waals surface area contributed by atoms with E-state index in [9.17, 15) is 39.5 Å². The second-order valence-corrected chi connectivity index (χ2v) is 8.98. The van der Waals surface area contributed by atoms with Crippen molar-refractivity contribution < 1.29 is 44.3 Å². The number of ether oxygens (including phenoxy) is 1. The van der Waals surface area contributed by atoms with Crippen molar-refractivity contribution in [3.05, 3.63) is 82.7 Å². The van der Waals surface area contributed by atoms with Gasteiger partial charge in [-0.1, -0.05) is 30.3 Å². The minimum absolute atomic E-state index is 0.0410. The van der Waals surface area contributed by atoms with E-state index in [-0.39, 0.29) is 28.6 Å². The second kappa shape index (κ2) is 8.86. The van der Waals surface area contributed by atoms with Crippen molar-refractivity contribution in [2.75, 3.05) is 0 Å². The van der Waals surface area contributed by atoms with E-state index in [0.717, 1.165) is 0 Å². The summed E-state index contributed by atoms with van der Waals surface area (Å²) in [6.45, 7) is 0. The summed E-state index contributed by atoms with van der Waals surface area (Å²) in [5.74, 6) is -2.88. The van der Waals surface area contributed by atoms with Gasteiger partial charge in [0.1, 0.15) is 11.3 Å². The SMILES string of the molecule is FC(F)(F)c1ccc(C(F)(F)F)c(C(F)(F)F)c1Oc1nnc(-c2cccs2)c2cc3ccccc3cc12. The molecule has 0 unspecified atom stereocenters. The predicted octanol–water partition coefficient (Wildman–Crippen LogP) is 9.36. The Morgan fingerprint density at radius 2 is 1.24 bits per heavy atom. The first-order valence-electron chi connectivity index (χ1n) is 10.5. The molecule has 0 bridgehead atoms. The number of thiophene rings is 1. The summed E-state index contributed by atoms with van der Waals surface area (Å²) in [7, 11) is 0. The molecule has 0 N–H and O–H groups in total. The van der Waals surface area contributed by atoms with Gasteiger partial charge in [0.15, 0.2) is 5.75 Å². The van der Waals surface area contributed by atoms with Crippen LogP contribution in [0.25, 0.3) is 32.1 Å². The Balaban J connectivity index is 1.83. The van der Waals surface area contributed by atoms with Gasteiger partial charge in [-0.2, -0.15) is 39.5 Å².